The molecule has 0 fully saturated rings. The van der Waals surface area contributed by atoms with Crippen molar-refractivity contribution in [1.82, 2.24) is 0 Å². The van der Waals surface area contributed by atoms with Crippen LogP contribution in [-0.4, -0.2) is 11.0 Å². The van der Waals surface area contributed by atoms with Crippen LogP contribution in [0.5, 0.6) is 0 Å². The van der Waals surface area contributed by atoms with Gasteiger partial charge >= 0.3 is 0 Å². The van der Waals surface area contributed by atoms with Crippen LogP contribution >= 0.6 is 23.4 Å². The zero-order valence-electron chi connectivity index (χ0n) is 10.1. The van der Waals surface area contributed by atoms with Gasteiger partial charge in [-0.1, -0.05) is 47.1 Å². The average molecular weight is 293 g/mol. The third-order valence-electron chi connectivity index (χ3n) is 2.56. The molecule has 98 valence electrons. The number of benzene rings is 2. The molecular weight excluding hydrogens is 280 g/mol. The van der Waals surface area contributed by atoms with Crippen molar-refractivity contribution in [2.24, 2.45) is 10.9 Å². The molecule has 0 aliphatic heterocycles. The fourth-order valence-corrected chi connectivity index (χ4v) is 2.78. The molecule has 0 saturated heterocycles. The molecule has 0 aromatic heterocycles. The molecule has 0 unspecified atom stereocenters. The second-order valence-electron chi connectivity index (χ2n) is 3.90. The van der Waals surface area contributed by atoms with Crippen LogP contribution in [0.2, 0.25) is 5.02 Å². The van der Waals surface area contributed by atoms with Gasteiger partial charge in [-0.2, -0.15) is 0 Å². The molecular formula is C14H13ClN2OS. The first-order valence-electron chi connectivity index (χ1n) is 5.65. The summed E-state index contributed by atoms with van der Waals surface area (Å²) in [4.78, 5) is 1.04. The third kappa shape index (κ3) is 3.66. The molecule has 3 nitrogen and oxygen atoms in total. The molecule has 5 heteroatoms. The topological polar surface area (TPSA) is 58.6 Å². The first kappa shape index (κ1) is 13.8. The van der Waals surface area contributed by atoms with Crippen LogP contribution in [0, 0.1) is 0 Å². The molecule has 0 atom stereocenters. The summed E-state index contributed by atoms with van der Waals surface area (Å²) in [6.07, 6.45) is 0. The van der Waals surface area contributed by atoms with Crippen LogP contribution < -0.4 is 5.73 Å². The molecule has 0 heterocycles. The van der Waals surface area contributed by atoms with Crippen molar-refractivity contribution in [2.45, 2.75) is 10.6 Å². The van der Waals surface area contributed by atoms with Gasteiger partial charge in [0, 0.05) is 16.2 Å². The summed E-state index contributed by atoms with van der Waals surface area (Å²) in [5.41, 5.74) is 7.37. The molecule has 0 aliphatic carbocycles. The first-order chi connectivity index (χ1) is 9.20. The lowest BCUT2D eigenvalue weighted by atomic mass is 10.1. The number of halogens is 1. The summed E-state index contributed by atoms with van der Waals surface area (Å²) >= 11 is 7.75. The van der Waals surface area contributed by atoms with Crippen LogP contribution in [0.3, 0.4) is 0 Å². The van der Waals surface area contributed by atoms with E-state index in [9.17, 15) is 0 Å². The summed E-state index contributed by atoms with van der Waals surface area (Å²) in [5.74, 6) is 0.889. The highest BCUT2D eigenvalue weighted by atomic mass is 35.5. The van der Waals surface area contributed by atoms with Crippen molar-refractivity contribution in [3.05, 3.63) is 64.7 Å². The van der Waals surface area contributed by atoms with Gasteiger partial charge in [0.1, 0.15) is 0 Å². The van der Waals surface area contributed by atoms with Gasteiger partial charge in [-0.25, -0.2) is 0 Å². The molecule has 0 bridgehead atoms. The van der Waals surface area contributed by atoms with Crippen molar-refractivity contribution in [2.75, 3.05) is 0 Å². The number of rotatable bonds is 4. The van der Waals surface area contributed by atoms with Gasteiger partial charge in [0.25, 0.3) is 0 Å². The number of thioether (sulfide) groups is 1. The Labute approximate surface area is 121 Å². The van der Waals surface area contributed by atoms with E-state index in [0.717, 1.165) is 21.2 Å². The van der Waals surface area contributed by atoms with Crippen molar-refractivity contribution >= 4 is 29.2 Å². The molecule has 0 saturated carbocycles. The molecule has 0 spiro atoms. The number of nitrogens with two attached hydrogens (primary N) is 1. The van der Waals surface area contributed by atoms with E-state index in [1.165, 1.54) is 0 Å². The third-order valence-corrected chi connectivity index (χ3v) is 4.15. The molecule has 2 aromatic rings. The lowest BCUT2D eigenvalue weighted by Crippen LogP contribution is -2.13. The van der Waals surface area contributed by atoms with Gasteiger partial charge in [-0.05, 0) is 23.8 Å². The fraction of sp³-hybridized carbons (Fsp3) is 0.0714. The molecule has 2 aromatic carbocycles. The first-order valence-corrected chi connectivity index (χ1v) is 7.01. The zero-order valence-corrected chi connectivity index (χ0v) is 11.7. The predicted molar refractivity (Wildman–Crippen MR) is 80.0 cm³/mol. The fourth-order valence-electron chi connectivity index (χ4n) is 1.60. The maximum Gasteiger partial charge on any atom is 0.170 e. The average Bonchev–Trinajstić information content (AvgIpc) is 2.46. The van der Waals surface area contributed by atoms with Gasteiger partial charge in [0.2, 0.25) is 0 Å². The Balaban J connectivity index is 2.10. The largest absolute Gasteiger partial charge is 0.409 e. The maximum atomic E-state index is 8.66. The van der Waals surface area contributed by atoms with E-state index >= 15 is 0 Å². The van der Waals surface area contributed by atoms with Gasteiger partial charge in [0.05, 0.1) is 5.02 Å². The van der Waals surface area contributed by atoms with E-state index in [2.05, 4.69) is 5.16 Å². The molecule has 3 N–H and O–H groups in total. The predicted octanol–water partition coefficient (Wildman–Crippen LogP) is 3.73. The van der Waals surface area contributed by atoms with Crippen LogP contribution in [0.1, 0.15) is 11.1 Å². The zero-order chi connectivity index (χ0) is 13.7. The van der Waals surface area contributed by atoms with E-state index in [1.54, 1.807) is 17.8 Å². The highest BCUT2D eigenvalue weighted by Gasteiger charge is 2.03. The minimum Gasteiger partial charge on any atom is -0.409 e. The van der Waals surface area contributed by atoms with Crippen LogP contribution in [0.4, 0.5) is 0 Å². The van der Waals surface area contributed by atoms with Crippen LogP contribution in [0.15, 0.2) is 58.6 Å². The van der Waals surface area contributed by atoms with Gasteiger partial charge in [-0.15, -0.1) is 11.8 Å². The highest BCUT2D eigenvalue weighted by Crippen LogP contribution is 2.29. The quantitative estimate of drug-likeness (QED) is 0.297. The molecule has 0 radical (unpaired) electrons. The number of amidine groups is 1. The number of nitrogens with zero attached hydrogens (tertiary/aromatic N) is 1. The summed E-state index contributed by atoms with van der Waals surface area (Å²) in [6, 6.07) is 15.3. The highest BCUT2D eigenvalue weighted by molar-refractivity contribution is 7.98. The smallest absolute Gasteiger partial charge is 0.170 e. The number of hydrogen-bond donors (Lipinski definition) is 2. The van der Waals surface area contributed by atoms with E-state index in [-0.39, 0.29) is 5.84 Å². The van der Waals surface area contributed by atoms with Gasteiger partial charge in [0.15, 0.2) is 5.84 Å². The maximum absolute atomic E-state index is 8.66. The van der Waals surface area contributed by atoms with E-state index in [0.29, 0.717) is 5.56 Å². The Bertz CT molecular complexity index is 602. The van der Waals surface area contributed by atoms with E-state index in [4.69, 9.17) is 22.5 Å². The minimum absolute atomic E-state index is 0.115. The Morgan fingerprint density at radius 1 is 1.21 bits per heavy atom. The van der Waals surface area contributed by atoms with Gasteiger partial charge in [-0.3, -0.25) is 0 Å². The van der Waals surface area contributed by atoms with E-state index in [1.807, 2.05) is 42.5 Å². The summed E-state index contributed by atoms with van der Waals surface area (Å²) in [5, 5.41) is 12.4. The second-order valence-corrected chi connectivity index (χ2v) is 5.33. The summed E-state index contributed by atoms with van der Waals surface area (Å²) in [6.45, 7) is 0. The van der Waals surface area contributed by atoms with Crippen molar-refractivity contribution in [3.63, 3.8) is 0 Å². The van der Waals surface area contributed by atoms with Crippen molar-refractivity contribution in [3.8, 4) is 0 Å². The van der Waals surface area contributed by atoms with Crippen molar-refractivity contribution in [1.29, 1.82) is 0 Å². The Kier molecular flexibility index (Phi) is 4.71. The summed E-state index contributed by atoms with van der Waals surface area (Å²) < 4.78 is 0. The monoisotopic (exact) mass is 292 g/mol. The normalized spacial score (nSPS) is 11.5. The second kappa shape index (κ2) is 6.50. The van der Waals surface area contributed by atoms with Crippen LogP contribution in [-0.2, 0) is 5.75 Å². The number of hydrogen-bond acceptors (Lipinski definition) is 3. The lowest BCUT2D eigenvalue weighted by molar-refractivity contribution is 0.318. The number of oxime groups is 1. The standard InChI is InChI=1S/C14H13ClN2OS/c15-12-6-1-2-7-13(12)19-9-10-4-3-5-11(8-10)14(16)17-18/h1-8,18H,9H2,(H2,16,17). The van der Waals surface area contributed by atoms with Crippen LogP contribution in [0.25, 0.3) is 0 Å². The molecule has 19 heavy (non-hydrogen) atoms. The molecule has 0 amide bonds. The Morgan fingerprint density at radius 2 is 2.00 bits per heavy atom. The lowest BCUT2D eigenvalue weighted by Gasteiger charge is -2.05. The van der Waals surface area contributed by atoms with Crippen molar-refractivity contribution < 1.29 is 5.21 Å². The summed E-state index contributed by atoms with van der Waals surface area (Å²) in [7, 11) is 0. The molecule has 2 rings (SSSR count). The Morgan fingerprint density at radius 3 is 2.74 bits per heavy atom. The minimum atomic E-state index is 0.115. The Hall–Kier alpha value is -1.65. The SMILES string of the molecule is N/C(=N\O)c1cccc(CSc2ccccc2Cl)c1. The van der Waals surface area contributed by atoms with Gasteiger partial charge < -0.3 is 10.9 Å². The van der Waals surface area contributed by atoms with E-state index < -0.39 is 0 Å². The molecule has 0 aliphatic rings.